The number of ether oxygens (including phenoxy) is 1. The lowest BCUT2D eigenvalue weighted by molar-refractivity contribution is -0.136. The first-order valence-electron chi connectivity index (χ1n) is 7.10. The molecule has 1 amide bonds. The zero-order valence-electron chi connectivity index (χ0n) is 12.6. The summed E-state index contributed by atoms with van der Waals surface area (Å²) in [6.07, 6.45) is 4.07. The van der Waals surface area contributed by atoms with Gasteiger partial charge in [0.2, 0.25) is 0 Å². The first-order valence-corrected chi connectivity index (χ1v) is 7.10. The number of carbonyl (C=O) groups excluding carboxylic acids is 1. The maximum absolute atomic E-state index is 11.7. The highest BCUT2D eigenvalue weighted by Gasteiger charge is 2.12. The van der Waals surface area contributed by atoms with Crippen LogP contribution in [0.3, 0.4) is 0 Å². The minimum Gasteiger partial charge on any atom is -0.481 e. The number of carboxylic acid groups (broad SMARTS) is 1. The van der Waals surface area contributed by atoms with Crippen molar-refractivity contribution in [3.8, 4) is 5.75 Å². The number of nitrogens with zero attached hydrogens (tertiary/aromatic N) is 2. The molecular weight excluding hydrogens is 286 g/mol. The number of hydrogen-bond acceptors (Lipinski definition) is 4. The van der Waals surface area contributed by atoms with Crippen LogP contribution in [0.2, 0.25) is 0 Å². The number of carboxylic acids is 1. The van der Waals surface area contributed by atoms with E-state index >= 15 is 0 Å². The molecule has 0 aromatic carbocycles. The van der Waals surface area contributed by atoms with Crippen LogP contribution < -0.4 is 10.1 Å². The molecule has 0 bridgehead atoms. The van der Waals surface area contributed by atoms with E-state index in [1.54, 1.807) is 28.9 Å². The molecule has 0 saturated heterocycles. The number of imidazole rings is 1. The fraction of sp³-hybridized carbons (Fsp3) is 0.400. The number of aromatic nitrogens is 2. The average molecular weight is 305 g/mol. The fourth-order valence-corrected chi connectivity index (χ4v) is 1.95. The number of fused-ring (bicyclic) bond motifs is 1. The van der Waals surface area contributed by atoms with Gasteiger partial charge in [-0.1, -0.05) is 6.92 Å². The Kier molecular flexibility index (Phi) is 4.98. The van der Waals surface area contributed by atoms with E-state index < -0.39 is 5.97 Å². The van der Waals surface area contributed by atoms with Gasteiger partial charge >= 0.3 is 5.97 Å². The highest BCUT2D eigenvalue weighted by Crippen LogP contribution is 2.19. The summed E-state index contributed by atoms with van der Waals surface area (Å²) < 4.78 is 7.18. The van der Waals surface area contributed by atoms with Gasteiger partial charge in [-0.25, -0.2) is 4.98 Å². The van der Waals surface area contributed by atoms with Gasteiger partial charge in [0.15, 0.2) is 18.0 Å². The topological polar surface area (TPSA) is 92.9 Å². The predicted octanol–water partition coefficient (Wildman–Crippen LogP) is 1.25. The van der Waals surface area contributed by atoms with Crippen LogP contribution in [0, 0.1) is 0 Å². The number of aliphatic carboxylic acids is 1. The van der Waals surface area contributed by atoms with E-state index in [9.17, 15) is 9.59 Å². The van der Waals surface area contributed by atoms with E-state index in [1.165, 1.54) is 0 Å². The molecule has 2 N–H and O–H groups in total. The van der Waals surface area contributed by atoms with E-state index in [1.807, 2.05) is 13.8 Å². The molecule has 0 aliphatic carbocycles. The standard InChI is InChI=1S/C15H19N3O4/c1-3-10(2)16-13(19)9-22-12-5-4-6-18-8-11(7-14(20)21)17-15(12)18/h4-6,8,10H,3,7,9H2,1-2H3,(H,16,19)(H,20,21). The molecule has 2 aromatic heterocycles. The number of pyridine rings is 1. The Bertz CT molecular complexity index is 680. The lowest BCUT2D eigenvalue weighted by Crippen LogP contribution is -2.35. The SMILES string of the molecule is CCC(C)NC(=O)COc1cccn2cc(CC(=O)O)nc12. The van der Waals surface area contributed by atoms with Crippen LogP contribution >= 0.6 is 0 Å². The summed E-state index contributed by atoms with van der Waals surface area (Å²) in [5.41, 5.74) is 0.933. The lowest BCUT2D eigenvalue weighted by Gasteiger charge is -2.12. The van der Waals surface area contributed by atoms with Crippen molar-refractivity contribution in [2.24, 2.45) is 0 Å². The summed E-state index contributed by atoms with van der Waals surface area (Å²) in [5, 5.41) is 11.6. The zero-order valence-corrected chi connectivity index (χ0v) is 12.6. The Morgan fingerprint density at radius 1 is 1.50 bits per heavy atom. The van der Waals surface area contributed by atoms with Gasteiger partial charge in [0, 0.05) is 18.4 Å². The molecule has 0 spiro atoms. The molecule has 118 valence electrons. The summed E-state index contributed by atoms with van der Waals surface area (Å²) in [4.78, 5) is 26.7. The molecule has 0 aliphatic heterocycles. The van der Waals surface area contributed by atoms with Crippen LogP contribution in [-0.4, -0.2) is 39.0 Å². The molecule has 1 unspecified atom stereocenters. The van der Waals surface area contributed by atoms with Gasteiger partial charge in [0.25, 0.3) is 5.91 Å². The van der Waals surface area contributed by atoms with Crippen LogP contribution in [0.15, 0.2) is 24.5 Å². The van der Waals surface area contributed by atoms with Crippen molar-refractivity contribution in [3.05, 3.63) is 30.2 Å². The number of amides is 1. The molecule has 2 heterocycles. The highest BCUT2D eigenvalue weighted by atomic mass is 16.5. The quantitative estimate of drug-likeness (QED) is 0.803. The van der Waals surface area contributed by atoms with Crippen molar-refractivity contribution in [1.82, 2.24) is 14.7 Å². The van der Waals surface area contributed by atoms with E-state index in [0.717, 1.165) is 6.42 Å². The van der Waals surface area contributed by atoms with Crippen molar-refractivity contribution in [3.63, 3.8) is 0 Å². The van der Waals surface area contributed by atoms with Crippen LogP contribution in [0.4, 0.5) is 0 Å². The van der Waals surface area contributed by atoms with Gasteiger partial charge in [0.05, 0.1) is 12.1 Å². The molecule has 2 aromatic rings. The first kappa shape index (κ1) is 15.8. The third-order valence-electron chi connectivity index (χ3n) is 3.21. The molecule has 0 fully saturated rings. The Labute approximate surface area is 127 Å². The number of hydrogen-bond donors (Lipinski definition) is 2. The molecule has 7 nitrogen and oxygen atoms in total. The van der Waals surface area contributed by atoms with E-state index in [0.29, 0.717) is 17.1 Å². The van der Waals surface area contributed by atoms with Crippen molar-refractivity contribution in [1.29, 1.82) is 0 Å². The number of nitrogens with one attached hydrogen (secondary N) is 1. The highest BCUT2D eigenvalue weighted by molar-refractivity contribution is 5.78. The van der Waals surface area contributed by atoms with Gasteiger partial charge < -0.3 is 19.6 Å². The summed E-state index contributed by atoms with van der Waals surface area (Å²) in [6, 6.07) is 3.55. The summed E-state index contributed by atoms with van der Waals surface area (Å²) >= 11 is 0. The molecule has 1 atom stereocenters. The maximum Gasteiger partial charge on any atom is 0.309 e. The van der Waals surface area contributed by atoms with Crippen molar-refractivity contribution >= 4 is 17.5 Å². The number of rotatable bonds is 7. The van der Waals surface area contributed by atoms with E-state index in [4.69, 9.17) is 9.84 Å². The number of carbonyl (C=O) groups is 2. The minimum absolute atomic E-state index is 0.0977. The third-order valence-corrected chi connectivity index (χ3v) is 3.21. The third kappa shape index (κ3) is 3.97. The predicted molar refractivity (Wildman–Crippen MR) is 79.9 cm³/mol. The van der Waals surface area contributed by atoms with Crippen LogP contribution in [0.1, 0.15) is 26.0 Å². The van der Waals surface area contributed by atoms with Gasteiger partial charge in [-0.15, -0.1) is 0 Å². The Balaban J connectivity index is 2.09. The monoisotopic (exact) mass is 305 g/mol. The molecule has 7 heteroatoms. The first-order chi connectivity index (χ1) is 10.5. The Morgan fingerprint density at radius 3 is 2.95 bits per heavy atom. The average Bonchev–Trinajstić information content (AvgIpc) is 2.86. The largest absolute Gasteiger partial charge is 0.481 e. The molecule has 22 heavy (non-hydrogen) atoms. The van der Waals surface area contributed by atoms with Crippen LogP contribution in [0.5, 0.6) is 5.75 Å². The Hall–Kier alpha value is -2.57. The van der Waals surface area contributed by atoms with Gasteiger partial charge in [-0.05, 0) is 25.5 Å². The van der Waals surface area contributed by atoms with Crippen molar-refractivity contribution in [2.75, 3.05) is 6.61 Å². The van der Waals surface area contributed by atoms with Gasteiger partial charge in [-0.3, -0.25) is 9.59 Å². The molecule has 2 rings (SSSR count). The lowest BCUT2D eigenvalue weighted by atomic mass is 10.2. The molecule has 0 saturated carbocycles. The van der Waals surface area contributed by atoms with Crippen LogP contribution in [-0.2, 0) is 16.0 Å². The fourth-order valence-electron chi connectivity index (χ4n) is 1.95. The second kappa shape index (κ2) is 6.93. The second-order valence-electron chi connectivity index (χ2n) is 5.07. The van der Waals surface area contributed by atoms with Gasteiger partial charge in [0.1, 0.15) is 0 Å². The maximum atomic E-state index is 11.7. The molecular formula is C15H19N3O4. The Morgan fingerprint density at radius 2 is 2.27 bits per heavy atom. The van der Waals surface area contributed by atoms with E-state index in [2.05, 4.69) is 10.3 Å². The van der Waals surface area contributed by atoms with Crippen molar-refractivity contribution < 1.29 is 19.4 Å². The van der Waals surface area contributed by atoms with E-state index in [-0.39, 0.29) is 25.0 Å². The summed E-state index contributed by atoms with van der Waals surface area (Å²) in [5.74, 6) is -0.703. The summed E-state index contributed by atoms with van der Waals surface area (Å²) in [6.45, 7) is 3.80. The van der Waals surface area contributed by atoms with Crippen molar-refractivity contribution in [2.45, 2.75) is 32.7 Å². The molecule has 0 aliphatic rings. The summed E-state index contributed by atoms with van der Waals surface area (Å²) in [7, 11) is 0. The zero-order chi connectivity index (χ0) is 16.1. The van der Waals surface area contributed by atoms with Gasteiger partial charge in [-0.2, -0.15) is 0 Å². The van der Waals surface area contributed by atoms with Crippen LogP contribution in [0.25, 0.3) is 5.65 Å². The second-order valence-corrected chi connectivity index (χ2v) is 5.07. The normalized spacial score (nSPS) is 12.1. The smallest absolute Gasteiger partial charge is 0.309 e. The molecule has 0 radical (unpaired) electrons. The minimum atomic E-state index is -0.946.